The monoisotopic (exact) mass is 472 g/mol. The van der Waals surface area contributed by atoms with E-state index < -0.39 is 58.5 Å². The number of amides is 1. The molecule has 10 heteroatoms. The van der Waals surface area contributed by atoms with Crippen molar-refractivity contribution in [1.29, 1.82) is 0 Å². The van der Waals surface area contributed by atoms with Crippen molar-refractivity contribution < 1.29 is 27.8 Å². The van der Waals surface area contributed by atoms with Crippen LogP contribution in [0.4, 0.5) is 18.9 Å². The fraction of sp³-hybridized carbons (Fsp3) is 0.292. The van der Waals surface area contributed by atoms with Crippen LogP contribution in [0.2, 0.25) is 0 Å². The van der Waals surface area contributed by atoms with Crippen LogP contribution in [0.5, 0.6) is 0 Å². The minimum Gasteiger partial charge on any atom is -0.386 e. The predicted octanol–water partition coefficient (Wildman–Crippen LogP) is 3.74. The number of nitrogens with one attached hydrogen (secondary N) is 1. The van der Waals surface area contributed by atoms with Crippen LogP contribution in [0.3, 0.4) is 0 Å². The molecule has 3 heterocycles. The van der Waals surface area contributed by atoms with Gasteiger partial charge in [-0.15, -0.1) is 0 Å². The van der Waals surface area contributed by atoms with Gasteiger partial charge in [0.25, 0.3) is 5.91 Å². The van der Waals surface area contributed by atoms with Gasteiger partial charge in [0.15, 0.2) is 0 Å². The maximum absolute atomic E-state index is 14.4. The van der Waals surface area contributed by atoms with Gasteiger partial charge in [-0.2, -0.15) is 0 Å². The number of halogens is 3. The van der Waals surface area contributed by atoms with Crippen molar-refractivity contribution in [3.05, 3.63) is 77.5 Å². The Bertz CT molecular complexity index is 1200. The van der Waals surface area contributed by atoms with E-state index in [0.29, 0.717) is 11.3 Å². The molecule has 34 heavy (non-hydrogen) atoms. The molecular weight excluding hydrogens is 449 g/mol. The zero-order valence-corrected chi connectivity index (χ0v) is 18.4. The molecule has 0 bridgehead atoms. The maximum atomic E-state index is 14.4. The van der Waals surface area contributed by atoms with Crippen molar-refractivity contribution in [3.63, 3.8) is 0 Å². The Morgan fingerprint density at radius 1 is 1.18 bits per heavy atom. The number of rotatable bonds is 4. The molecule has 1 amide bonds. The zero-order valence-electron chi connectivity index (χ0n) is 18.4. The van der Waals surface area contributed by atoms with Crippen molar-refractivity contribution in [2.45, 2.75) is 44.1 Å². The van der Waals surface area contributed by atoms with Gasteiger partial charge in [0, 0.05) is 17.8 Å². The fourth-order valence-corrected chi connectivity index (χ4v) is 3.86. The molecule has 1 aliphatic rings. The Morgan fingerprint density at radius 2 is 1.88 bits per heavy atom. The van der Waals surface area contributed by atoms with Gasteiger partial charge in [-0.05, 0) is 50.6 Å². The first-order valence-corrected chi connectivity index (χ1v) is 10.6. The summed E-state index contributed by atoms with van der Waals surface area (Å²) in [5.74, 6) is -3.73. The lowest BCUT2D eigenvalue weighted by Gasteiger charge is -2.44. The minimum atomic E-state index is -1.22. The topological polar surface area (TPSA) is 110 Å². The molecule has 1 aliphatic heterocycles. The van der Waals surface area contributed by atoms with E-state index in [1.807, 2.05) is 0 Å². The third kappa shape index (κ3) is 4.39. The maximum Gasteiger partial charge on any atom is 0.274 e. The Morgan fingerprint density at radius 3 is 2.56 bits per heavy atom. The number of carbonyl (C=O) groups excluding carboxylic acids is 1. The average molecular weight is 472 g/mol. The van der Waals surface area contributed by atoms with Gasteiger partial charge in [-0.25, -0.2) is 18.2 Å². The molecule has 1 aromatic carbocycles. The molecule has 1 fully saturated rings. The highest BCUT2D eigenvalue weighted by Gasteiger charge is 2.43. The van der Waals surface area contributed by atoms with Crippen molar-refractivity contribution in [2.24, 2.45) is 5.73 Å². The van der Waals surface area contributed by atoms with Crippen molar-refractivity contribution in [2.75, 3.05) is 5.32 Å². The number of benzene rings is 1. The summed E-state index contributed by atoms with van der Waals surface area (Å²) in [7, 11) is 0. The molecule has 3 aromatic rings. The van der Waals surface area contributed by atoms with Gasteiger partial charge in [0.2, 0.25) is 0 Å². The van der Waals surface area contributed by atoms with E-state index in [9.17, 15) is 23.1 Å². The smallest absolute Gasteiger partial charge is 0.274 e. The minimum absolute atomic E-state index is 0.258. The summed E-state index contributed by atoms with van der Waals surface area (Å²) in [5.41, 5.74) is 4.25. The number of anilines is 1. The SMILES string of the molecule is C[C@@H]1O[C@H](c2ccncc2NC(=O)c2ccc(F)c(-c3c(F)cccc3F)n2)C[C@H](N)[C@@]1(C)O. The van der Waals surface area contributed by atoms with E-state index in [1.165, 1.54) is 12.4 Å². The molecule has 1 saturated heterocycles. The van der Waals surface area contributed by atoms with E-state index in [1.54, 1.807) is 19.9 Å². The first-order valence-electron chi connectivity index (χ1n) is 10.6. The lowest BCUT2D eigenvalue weighted by molar-refractivity contribution is -0.171. The van der Waals surface area contributed by atoms with Crippen LogP contribution in [-0.2, 0) is 4.74 Å². The van der Waals surface area contributed by atoms with E-state index in [0.717, 1.165) is 30.3 Å². The summed E-state index contributed by atoms with van der Waals surface area (Å²) in [4.78, 5) is 20.8. The highest BCUT2D eigenvalue weighted by molar-refractivity contribution is 6.03. The molecule has 2 aromatic heterocycles. The van der Waals surface area contributed by atoms with Crippen LogP contribution < -0.4 is 11.1 Å². The van der Waals surface area contributed by atoms with Gasteiger partial charge in [-0.1, -0.05) is 6.07 Å². The molecule has 178 valence electrons. The second kappa shape index (κ2) is 9.13. The fourth-order valence-electron chi connectivity index (χ4n) is 3.86. The average Bonchev–Trinajstić information content (AvgIpc) is 2.79. The first-order chi connectivity index (χ1) is 16.1. The van der Waals surface area contributed by atoms with Gasteiger partial charge < -0.3 is 20.9 Å². The molecule has 0 saturated carbocycles. The number of aromatic nitrogens is 2. The summed E-state index contributed by atoms with van der Waals surface area (Å²) in [6.07, 6.45) is 2.10. The Labute approximate surface area is 193 Å². The quantitative estimate of drug-likeness (QED) is 0.534. The van der Waals surface area contributed by atoms with Crippen LogP contribution in [0.15, 0.2) is 48.8 Å². The summed E-state index contributed by atoms with van der Waals surface area (Å²) in [6, 6.07) is 6.19. The standard InChI is InChI=1S/C24H23F3N4O3/c1-12-24(2,33)20(28)10-19(34-12)13-8-9-29-11-18(13)31-23(32)17-7-6-16(27)22(30-17)21-14(25)4-3-5-15(21)26/h3-9,11-12,19-20,33H,10,28H2,1-2H3,(H,31,32)/t12-,19-,20-,24-/m0/s1. The number of pyridine rings is 2. The van der Waals surface area contributed by atoms with Gasteiger partial charge in [0.1, 0.15) is 34.4 Å². The highest BCUT2D eigenvalue weighted by Crippen LogP contribution is 2.38. The van der Waals surface area contributed by atoms with Crippen LogP contribution >= 0.6 is 0 Å². The Kier molecular flexibility index (Phi) is 6.39. The van der Waals surface area contributed by atoms with Crippen molar-refractivity contribution in [3.8, 4) is 11.3 Å². The zero-order chi connectivity index (χ0) is 24.6. The van der Waals surface area contributed by atoms with Gasteiger partial charge in [-0.3, -0.25) is 9.78 Å². The largest absolute Gasteiger partial charge is 0.386 e. The summed E-state index contributed by atoms with van der Waals surface area (Å²) in [6.45, 7) is 3.31. The number of nitrogens with two attached hydrogens (primary N) is 1. The first kappa shape index (κ1) is 23.8. The lowest BCUT2D eigenvalue weighted by Crippen LogP contribution is -2.58. The predicted molar refractivity (Wildman–Crippen MR) is 118 cm³/mol. The van der Waals surface area contributed by atoms with E-state index in [-0.39, 0.29) is 12.1 Å². The van der Waals surface area contributed by atoms with Gasteiger partial charge >= 0.3 is 0 Å². The molecule has 0 radical (unpaired) electrons. The van der Waals surface area contributed by atoms with Crippen LogP contribution in [0.25, 0.3) is 11.3 Å². The highest BCUT2D eigenvalue weighted by atomic mass is 19.1. The van der Waals surface area contributed by atoms with Gasteiger partial charge in [0.05, 0.1) is 29.7 Å². The molecule has 0 unspecified atom stereocenters. The number of nitrogens with zero attached hydrogens (tertiary/aromatic N) is 2. The third-order valence-corrected chi connectivity index (χ3v) is 6.14. The number of hydrogen-bond acceptors (Lipinski definition) is 6. The second-order valence-electron chi connectivity index (χ2n) is 8.38. The number of aliphatic hydroxyl groups is 1. The number of ether oxygens (including phenoxy) is 1. The molecule has 0 aliphatic carbocycles. The molecule has 4 N–H and O–H groups in total. The second-order valence-corrected chi connectivity index (χ2v) is 8.38. The Balaban J connectivity index is 1.63. The Hall–Kier alpha value is -3.34. The molecule has 4 atom stereocenters. The molecule has 0 spiro atoms. The summed E-state index contributed by atoms with van der Waals surface area (Å²) < 4.78 is 48.7. The van der Waals surface area contributed by atoms with Crippen LogP contribution in [-0.4, -0.2) is 38.7 Å². The van der Waals surface area contributed by atoms with Crippen molar-refractivity contribution in [1.82, 2.24) is 9.97 Å². The lowest BCUT2D eigenvalue weighted by atomic mass is 9.83. The number of carbonyl (C=O) groups is 1. The van der Waals surface area contributed by atoms with Crippen LogP contribution in [0.1, 0.15) is 42.4 Å². The third-order valence-electron chi connectivity index (χ3n) is 6.14. The van der Waals surface area contributed by atoms with E-state index in [2.05, 4.69) is 15.3 Å². The number of hydrogen-bond donors (Lipinski definition) is 3. The summed E-state index contributed by atoms with van der Waals surface area (Å²) in [5, 5.41) is 13.1. The van der Waals surface area contributed by atoms with E-state index >= 15 is 0 Å². The molecule has 4 rings (SSSR count). The van der Waals surface area contributed by atoms with E-state index in [4.69, 9.17) is 10.5 Å². The summed E-state index contributed by atoms with van der Waals surface area (Å²) >= 11 is 0. The van der Waals surface area contributed by atoms with Crippen LogP contribution in [0, 0.1) is 17.5 Å². The van der Waals surface area contributed by atoms with Crippen molar-refractivity contribution >= 4 is 11.6 Å². The normalized spacial score (nSPS) is 24.6. The molecule has 7 nitrogen and oxygen atoms in total. The molecular formula is C24H23F3N4O3.